The summed E-state index contributed by atoms with van der Waals surface area (Å²) in [7, 11) is 0. The number of carbonyl (C=O) groups is 1. The van der Waals surface area contributed by atoms with E-state index in [-0.39, 0.29) is 22.9 Å². The number of thiocarbonyl (C=S) groups is 1. The number of fused-ring (bicyclic) bond motifs is 1. The van der Waals surface area contributed by atoms with Gasteiger partial charge in [0, 0.05) is 26.0 Å². The quantitative estimate of drug-likeness (QED) is 0.242. The number of aryl methyl sites for hydroxylation is 1. The molecule has 0 spiro atoms. The second-order valence-corrected chi connectivity index (χ2v) is 9.22. The minimum Gasteiger partial charge on any atom is -0.438 e. The first-order chi connectivity index (χ1) is 16.5. The van der Waals surface area contributed by atoms with Crippen molar-refractivity contribution >= 4 is 45.9 Å². The molecule has 9 heteroatoms. The summed E-state index contributed by atoms with van der Waals surface area (Å²) in [5.74, 6) is 0.465. The van der Waals surface area contributed by atoms with Gasteiger partial charge in [-0.25, -0.2) is 0 Å². The van der Waals surface area contributed by atoms with E-state index in [1.54, 1.807) is 29.3 Å². The van der Waals surface area contributed by atoms with Crippen LogP contribution in [0.2, 0.25) is 0 Å². The van der Waals surface area contributed by atoms with Crippen molar-refractivity contribution < 1.29 is 14.3 Å². The van der Waals surface area contributed by atoms with Gasteiger partial charge in [0.2, 0.25) is 5.88 Å². The van der Waals surface area contributed by atoms with Gasteiger partial charge in [-0.05, 0) is 55.7 Å². The van der Waals surface area contributed by atoms with E-state index < -0.39 is 0 Å². The number of amides is 1. The van der Waals surface area contributed by atoms with Crippen LogP contribution < -0.4 is 10.3 Å². The van der Waals surface area contributed by atoms with Crippen molar-refractivity contribution in [1.29, 1.82) is 0 Å². The topological polar surface area (TPSA) is 73.1 Å². The maximum absolute atomic E-state index is 13.4. The molecule has 0 N–H and O–H groups in total. The lowest BCUT2D eigenvalue weighted by atomic mass is 10.2. The second kappa shape index (κ2) is 10.9. The number of pyridine rings is 1. The first-order valence-corrected chi connectivity index (χ1v) is 12.4. The van der Waals surface area contributed by atoms with Crippen molar-refractivity contribution in [2.75, 3.05) is 19.8 Å². The lowest BCUT2D eigenvalue weighted by Gasteiger charge is -2.14. The molecule has 34 heavy (non-hydrogen) atoms. The molecule has 0 radical (unpaired) electrons. The largest absolute Gasteiger partial charge is 0.438 e. The van der Waals surface area contributed by atoms with Gasteiger partial charge in [0.25, 0.3) is 11.5 Å². The van der Waals surface area contributed by atoms with Crippen molar-refractivity contribution in [2.45, 2.75) is 26.7 Å². The average Bonchev–Trinajstić information content (AvgIpc) is 3.12. The molecule has 0 aliphatic carbocycles. The zero-order valence-electron chi connectivity index (χ0n) is 19.0. The van der Waals surface area contributed by atoms with E-state index in [1.807, 2.05) is 31.2 Å². The molecular weight excluding hydrogens is 470 g/mol. The summed E-state index contributed by atoms with van der Waals surface area (Å²) >= 11 is 6.59. The van der Waals surface area contributed by atoms with Gasteiger partial charge >= 0.3 is 0 Å². The van der Waals surface area contributed by atoms with Gasteiger partial charge < -0.3 is 9.47 Å². The van der Waals surface area contributed by atoms with Crippen LogP contribution in [0.1, 0.15) is 31.4 Å². The van der Waals surface area contributed by atoms with E-state index in [2.05, 4.69) is 11.9 Å². The lowest BCUT2D eigenvalue weighted by Crippen LogP contribution is -2.29. The number of nitrogens with zero attached hydrogens (tertiary/aromatic N) is 3. The number of hydrogen-bond donors (Lipinski definition) is 0. The highest BCUT2D eigenvalue weighted by molar-refractivity contribution is 8.26. The molecule has 2 aromatic heterocycles. The molecule has 4 rings (SSSR count). The molecule has 1 saturated heterocycles. The van der Waals surface area contributed by atoms with Crippen molar-refractivity contribution in [3.8, 4) is 11.6 Å². The summed E-state index contributed by atoms with van der Waals surface area (Å²) in [5.41, 5.74) is 1.49. The Kier molecular flexibility index (Phi) is 7.77. The molecule has 1 aromatic carbocycles. The van der Waals surface area contributed by atoms with Crippen molar-refractivity contribution in [3.63, 3.8) is 0 Å². The first kappa shape index (κ1) is 24.1. The monoisotopic (exact) mass is 495 g/mol. The third kappa shape index (κ3) is 5.22. The van der Waals surface area contributed by atoms with Crippen LogP contribution in [0.25, 0.3) is 11.7 Å². The Labute approximate surface area is 207 Å². The number of thioether (sulfide) groups is 1. The van der Waals surface area contributed by atoms with Crippen LogP contribution >= 0.6 is 24.0 Å². The first-order valence-electron chi connectivity index (χ1n) is 11.1. The Morgan fingerprint density at radius 2 is 1.91 bits per heavy atom. The molecular formula is C25H25N3O4S2. The van der Waals surface area contributed by atoms with E-state index in [0.717, 1.165) is 6.42 Å². The minimum absolute atomic E-state index is 0.141. The number of benzene rings is 1. The van der Waals surface area contributed by atoms with E-state index in [1.165, 1.54) is 27.8 Å². The molecule has 0 atom stereocenters. The molecule has 1 fully saturated rings. The van der Waals surface area contributed by atoms with E-state index in [0.29, 0.717) is 46.8 Å². The molecule has 1 aliphatic rings. The summed E-state index contributed by atoms with van der Waals surface area (Å²) in [6, 6.07) is 12.9. The highest BCUT2D eigenvalue weighted by Crippen LogP contribution is 2.34. The van der Waals surface area contributed by atoms with Gasteiger partial charge in [-0.1, -0.05) is 49.1 Å². The Morgan fingerprint density at radius 3 is 2.65 bits per heavy atom. The molecule has 0 saturated carbocycles. The molecule has 3 heterocycles. The van der Waals surface area contributed by atoms with Crippen LogP contribution in [0.5, 0.6) is 11.6 Å². The normalized spacial score (nSPS) is 15.0. The van der Waals surface area contributed by atoms with Crippen molar-refractivity contribution in [1.82, 2.24) is 14.3 Å². The van der Waals surface area contributed by atoms with Gasteiger partial charge in [0.15, 0.2) is 0 Å². The maximum Gasteiger partial charge on any atom is 0.269 e. The third-order valence-electron chi connectivity index (χ3n) is 5.30. The van der Waals surface area contributed by atoms with Gasteiger partial charge in [-0.2, -0.15) is 4.98 Å². The highest BCUT2D eigenvalue weighted by atomic mass is 32.2. The molecule has 176 valence electrons. The SMILES string of the molecule is CCOCCCN1C(=O)/C(=C\c2c(Oc3ccc(CC)cc3)nc3ccccn3c2=O)SC1=S. The van der Waals surface area contributed by atoms with Crippen LogP contribution in [0.15, 0.2) is 58.4 Å². The molecule has 3 aromatic rings. The summed E-state index contributed by atoms with van der Waals surface area (Å²) < 4.78 is 13.3. The van der Waals surface area contributed by atoms with Gasteiger partial charge in [0.05, 0.1) is 4.91 Å². The number of ether oxygens (including phenoxy) is 2. The predicted octanol–water partition coefficient (Wildman–Crippen LogP) is 4.68. The summed E-state index contributed by atoms with van der Waals surface area (Å²) in [6.07, 6.45) is 4.76. The minimum atomic E-state index is -0.326. The van der Waals surface area contributed by atoms with E-state index in [9.17, 15) is 9.59 Å². The Hall–Kier alpha value is -3.01. The van der Waals surface area contributed by atoms with Crippen LogP contribution in [-0.4, -0.2) is 44.3 Å². The van der Waals surface area contributed by atoms with E-state index in [4.69, 9.17) is 21.7 Å². The lowest BCUT2D eigenvalue weighted by molar-refractivity contribution is -0.122. The second-order valence-electron chi connectivity index (χ2n) is 7.55. The van der Waals surface area contributed by atoms with Crippen LogP contribution in [0.4, 0.5) is 0 Å². The molecule has 0 unspecified atom stereocenters. The summed E-state index contributed by atoms with van der Waals surface area (Å²) in [6.45, 7) is 5.64. The number of hydrogen-bond acceptors (Lipinski definition) is 7. The number of rotatable bonds is 9. The molecule has 1 amide bonds. The average molecular weight is 496 g/mol. The fraction of sp³-hybridized carbons (Fsp3) is 0.280. The Bertz CT molecular complexity index is 1300. The van der Waals surface area contributed by atoms with Gasteiger partial charge in [-0.3, -0.25) is 18.9 Å². The molecule has 0 bridgehead atoms. The van der Waals surface area contributed by atoms with Gasteiger partial charge in [0.1, 0.15) is 21.3 Å². The Balaban J connectivity index is 1.70. The zero-order chi connectivity index (χ0) is 24.1. The summed E-state index contributed by atoms with van der Waals surface area (Å²) in [5, 5.41) is 0. The standard InChI is InChI=1S/C25H25N3O4S2/c1-3-17-9-11-18(12-10-17)32-22-19(23(29)27-13-6-5-8-21(27)26-22)16-20-24(30)28(25(33)34-20)14-7-15-31-4-2/h5-6,8-13,16H,3-4,7,14-15H2,1-2H3/b20-16+. The van der Waals surface area contributed by atoms with Crippen LogP contribution in [0, 0.1) is 0 Å². The van der Waals surface area contributed by atoms with Crippen LogP contribution in [-0.2, 0) is 16.0 Å². The van der Waals surface area contributed by atoms with Crippen LogP contribution in [0.3, 0.4) is 0 Å². The van der Waals surface area contributed by atoms with E-state index >= 15 is 0 Å². The fourth-order valence-corrected chi connectivity index (χ4v) is 4.77. The maximum atomic E-state index is 13.4. The van der Waals surface area contributed by atoms with Crippen molar-refractivity contribution in [3.05, 3.63) is 75.0 Å². The number of carbonyl (C=O) groups excluding carboxylic acids is 1. The smallest absolute Gasteiger partial charge is 0.269 e. The molecule has 7 nitrogen and oxygen atoms in total. The van der Waals surface area contributed by atoms with Gasteiger partial charge in [-0.15, -0.1) is 0 Å². The summed E-state index contributed by atoms with van der Waals surface area (Å²) in [4.78, 5) is 32.9. The fourth-order valence-electron chi connectivity index (χ4n) is 3.48. The zero-order valence-corrected chi connectivity index (χ0v) is 20.7. The van der Waals surface area contributed by atoms with Crippen molar-refractivity contribution in [2.24, 2.45) is 0 Å². The highest BCUT2D eigenvalue weighted by Gasteiger charge is 2.32. The Morgan fingerprint density at radius 1 is 1.12 bits per heavy atom. The predicted molar refractivity (Wildman–Crippen MR) is 138 cm³/mol. The molecule has 1 aliphatic heterocycles. The third-order valence-corrected chi connectivity index (χ3v) is 6.68. The number of aromatic nitrogens is 2.